The number of aliphatic hydroxyl groups excluding tert-OH is 1. The summed E-state index contributed by atoms with van der Waals surface area (Å²) in [4.78, 5) is 0. The second-order valence-corrected chi connectivity index (χ2v) is 8.91. The lowest BCUT2D eigenvalue weighted by Gasteiger charge is -2.36. The summed E-state index contributed by atoms with van der Waals surface area (Å²) < 4.78 is 33.6. The molecule has 170 valence electrons. The lowest BCUT2D eigenvalue weighted by molar-refractivity contribution is -0.155. The Kier molecular flexibility index (Phi) is 5.67. The highest BCUT2D eigenvalue weighted by Gasteiger charge is 2.54. The first-order chi connectivity index (χ1) is 15.9. The van der Waals surface area contributed by atoms with Gasteiger partial charge in [0.15, 0.2) is 5.79 Å². The van der Waals surface area contributed by atoms with E-state index < -0.39 is 35.5 Å². The molecule has 0 aromatic heterocycles. The van der Waals surface area contributed by atoms with Crippen molar-refractivity contribution in [3.05, 3.63) is 119 Å². The fourth-order valence-corrected chi connectivity index (χ4v) is 4.87. The molecule has 3 aromatic carbocycles. The van der Waals surface area contributed by atoms with Crippen molar-refractivity contribution in [2.75, 3.05) is 6.61 Å². The minimum Gasteiger partial charge on any atom is -0.383 e. The number of ether oxygens (including phenoxy) is 3. The molecule has 0 radical (unpaired) electrons. The first-order valence-electron chi connectivity index (χ1n) is 11.1. The molecule has 5 heteroatoms. The van der Waals surface area contributed by atoms with Crippen molar-refractivity contribution >= 4 is 0 Å². The van der Waals surface area contributed by atoms with Crippen LogP contribution in [0.4, 0.5) is 4.39 Å². The van der Waals surface area contributed by atoms with E-state index in [2.05, 4.69) is 0 Å². The summed E-state index contributed by atoms with van der Waals surface area (Å²) in [5, 5.41) is 10.5. The summed E-state index contributed by atoms with van der Waals surface area (Å²) in [5.41, 5.74) is 2.05. The van der Waals surface area contributed by atoms with Gasteiger partial charge in [0.1, 0.15) is 29.7 Å². The van der Waals surface area contributed by atoms with Gasteiger partial charge in [-0.3, -0.25) is 0 Å². The van der Waals surface area contributed by atoms with E-state index >= 15 is 4.39 Å². The number of hydrogen-bond acceptors (Lipinski definition) is 4. The Balaban J connectivity index is 1.60. The van der Waals surface area contributed by atoms with Crippen LogP contribution < -0.4 is 0 Å². The SMILES string of the molecule is CC1(C)OC2[C@H](O1)C(COC(c1ccccc1)(c1ccccc1)c1ccccc1)=C(F)[C@@H]2O. The third kappa shape index (κ3) is 3.81. The van der Waals surface area contributed by atoms with Crippen LogP contribution in [0.1, 0.15) is 30.5 Å². The predicted molar refractivity (Wildman–Crippen MR) is 123 cm³/mol. The molecule has 0 amide bonds. The van der Waals surface area contributed by atoms with Crippen LogP contribution in [-0.4, -0.2) is 35.8 Å². The average molecular weight is 447 g/mol. The molecule has 3 aromatic rings. The molecule has 33 heavy (non-hydrogen) atoms. The van der Waals surface area contributed by atoms with Crippen LogP contribution in [0.2, 0.25) is 0 Å². The van der Waals surface area contributed by atoms with Gasteiger partial charge in [0.05, 0.1) is 6.61 Å². The van der Waals surface area contributed by atoms with Gasteiger partial charge in [-0.1, -0.05) is 91.0 Å². The molecule has 1 aliphatic carbocycles. The maximum Gasteiger partial charge on any atom is 0.164 e. The van der Waals surface area contributed by atoms with Crippen LogP contribution in [0.3, 0.4) is 0 Å². The van der Waals surface area contributed by atoms with Gasteiger partial charge in [-0.25, -0.2) is 4.39 Å². The van der Waals surface area contributed by atoms with E-state index in [1.54, 1.807) is 13.8 Å². The Morgan fingerprint density at radius 2 is 1.27 bits per heavy atom. The molecular weight excluding hydrogens is 419 g/mol. The van der Waals surface area contributed by atoms with Gasteiger partial charge in [-0.05, 0) is 30.5 Å². The number of benzene rings is 3. The fourth-order valence-electron chi connectivity index (χ4n) is 4.87. The standard InChI is InChI=1S/C28H27FO4/c1-27(2)32-25-22(23(29)24(30)26(25)33-27)18-31-28(19-12-6-3-7-13-19,20-14-8-4-9-15-20)21-16-10-5-11-17-21/h3-17,24-26,30H,18H2,1-2H3/t24-,25+,26?/m0/s1. The van der Waals surface area contributed by atoms with Gasteiger partial charge in [-0.15, -0.1) is 0 Å². The molecule has 1 saturated heterocycles. The van der Waals surface area contributed by atoms with Gasteiger partial charge in [0.25, 0.3) is 0 Å². The molecule has 1 fully saturated rings. The number of halogens is 1. The van der Waals surface area contributed by atoms with Crippen molar-refractivity contribution in [3.8, 4) is 0 Å². The third-order valence-corrected chi connectivity index (χ3v) is 6.34. The van der Waals surface area contributed by atoms with E-state index in [0.717, 1.165) is 16.7 Å². The summed E-state index contributed by atoms with van der Waals surface area (Å²) in [6, 6.07) is 29.7. The van der Waals surface area contributed by atoms with E-state index in [9.17, 15) is 5.11 Å². The molecule has 5 rings (SSSR count). The minimum absolute atomic E-state index is 0.0673. The van der Waals surface area contributed by atoms with Crippen molar-refractivity contribution in [2.45, 2.75) is 43.5 Å². The zero-order chi connectivity index (χ0) is 23.1. The molecule has 1 unspecified atom stereocenters. The van der Waals surface area contributed by atoms with Crippen molar-refractivity contribution in [3.63, 3.8) is 0 Å². The number of rotatable bonds is 6. The van der Waals surface area contributed by atoms with Crippen molar-refractivity contribution < 1.29 is 23.7 Å². The second kappa shape index (κ2) is 8.50. The van der Waals surface area contributed by atoms with Crippen LogP contribution in [0.5, 0.6) is 0 Å². The van der Waals surface area contributed by atoms with E-state index in [1.165, 1.54) is 0 Å². The molecule has 1 N–H and O–H groups in total. The van der Waals surface area contributed by atoms with Crippen LogP contribution in [0.25, 0.3) is 0 Å². The normalized spacial score (nSPS) is 24.2. The Labute approximate surface area is 193 Å². The zero-order valence-electron chi connectivity index (χ0n) is 18.6. The minimum atomic E-state index is -1.37. The Hall–Kier alpha value is -2.83. The van der Waals surface area contributed by atoms with Crippen molar-refractivity contribution in [1.29, 1.82) is 0 Å². The summed E-state index contributed by atoms with van der Waals surface area (Å²) in [5.74, 6) is -1.54. The summed E-state index contributed by atoms with van der Waals surface area (Å²) in [6.07, 6.45) is -2.84. The molecule has 0 spiro atoms. The Bertz CT molecular complexity index is 1030. The summed E-state index contributed by atoms with van der Waals surface area (Å²) in [6.45, 7) is 3.45. The quantitative estimate of drug-likeness (QED) is 0.535. The second-order valence-electron chi connectivity index (χ2n) is 8.91. The van der Waals surface area contributed by atoms with Crippen LogP contribution in [-0.2, 0) is 19.8 Å². The molecular formula is C28H27FO4. The molecule has 4 nitrogen and oxygen atoms in total. The van der Waals surface area contributed by atoms with Gasteiger partial charge in [0, 0.05) is 5.57 Å². The van der Waals surface area contributed by atoms with Gasteiger partial charge >= 0.3 is 0 Å². The Morgan fingerprint density at radius 1 is 0.818 bits per heavy atom. The maximum atomic E-state index is 15.1. The van der Waals surface area contributed by atoms with Crippen molar-refractivity contribution in [2.24, 2.45) is 0 Å². The van der Waals surface area contributed by atoms with Crippen LogP contribution in [0.15, 0.2) is 102 Å². The van der Waals surface area contributed by atoms with Gasteiger partial charge < -0.3 is 19.3 Å². The molecule has 2 aliphatic rings. The van der Waals surface area contributed by atoms with E-state index in [1.807, 2.05) is 91.0 Å². The highest BCUT2D eigenvalue weighted by atomic mass is 19.1. The largest absolute Gasteiger partial charge is 0.383 e. The summed E-state index contributed by atoms with van der Waals surface area (Å²) in [7, 11) is 0. The van der Waals surface area contributed by atoms with Crippen LogP contribution >= 0.6 is 0 Å². The fraction of sp³-hybridized carbons (Fsp3) is 0.286. The Morgan fingerprint density at radius 3 is 1.73 bits per heavy atom. The topological polar surface area (TPSA) is 47.9 Å². The van der Waals surface area contributed by atoms with E-state index in [-0.39, 0.29) is 12.2 Å². The molecule has 1 aliphatic heterocycles. The predicted octanol–water partition coefficient (Wildman–Crippen LogP) is 5.11. The third-order valence-electron chi connectivity index (χ3n) is 6.34. The van der Waals surface area contributed by atoms with E-state index in [0.29, 0.717) is 0 Å². The van der Waals surface area contributed by atoms with E-state index in [4.69, 9.17) is 14.2 Å². The van der Waals surface area contributed by atoms with Gasteiger partial charge in [0.2, 0.25) is 0 Å². The lowest BCUT2D eigenvalue weighted by atomic mass is 9.80. The smallest absolute Gasteiger partial charge is 0.164 e. The monoisotopic (exact) mass is 446 g/mol. The number of fused-ring (bicyclic) bond motifs is 1. The average Bonchev–Trinajstić information content (AvgIpc) is 3.27. The number of hydrogen-bond donors (Lipinski definition) is 1. The number of aliphatic hydroxyl groups is 1. The van der Waals surface area contributed by atoms with Crippen molar-refractivity contribution in [1.82, 2.24) is 0 Å². The summed E-state index contributed by atoms with van der Waals surface area (Å²) >= 11 is 0. The first kappa shape index (κ1) is 22.0. The molecule has 3 atom stereocenters. The highest BCUT2D eigenvalue weighted by Crippen LogP contribution is 2.45. The zero-order valence-corrected chi connectivity index (χ0v) is 18.6. The molecule has 0 saturated carbocycles. The highest BCUT2D eigenvalue weighted by molar-refractivity contribution is 5.47. The first-order valence-corrected chi connectivity index (χ1v) is 11.1. The van der Waals surface area contributed by atoms with Gasteiger partial charge in [-0.2, -0.15) is 0 Å². The van der Waals surface area contributed by atoms with Crippen LogP contribution in [0, 0.1) is 0 Å². The lowest BCUT2D eigenvalue weighted by Crippen LogP contribution is -2.35. The molecule has 1 heterocycles. The molecule has 0 bridgehead atoms. The maximum absolute atomic E-state index is 15.1.